The van der Waals surface area contributed by atoms with Gasteiger partial charge in [-0.25, -0.2) is 0 Å². The monoisotopic (exact) mass is 224 g/mol. The van der Waals surface area contributed by atoms with E-state index in [1.807, 2.05) is 6.08 Å². The Morgan fingerprint density at radius 2 is 2.31 bits per heavy atom. The molecule has 16 heavy (non-hydrogen) atoms. The summed E-state index contributed by atoms with van der Waals surface area (Å²) in [6.07, 6.45) is 6.91. The van der Waals surface area contributed by atoms with Crippen LogP contribution in [0.5, 0.6) is 0 Å². The highest BCUT2D eigenvalue weighted by atomic mass is 16.5. The van der Waals surface area contributed by atoms with Crippen molar-refractivity contribution in [3.63, 3.8) is 0 Å². The summed E-state index contributed by atoms with van der Waals surface area (Å²) in [6.45, 7) is 2.13. The minimum absolute atomic E-state index is 0.0943. The van der Waals surface area contributed by atoms with E-state index >= 15 is 0 Å². The molecule has 0 spiro atoms. The van der Waals surface area contributed by atoms with Crippen LogP contribution in [0.15, 0.2) is 11.6 Å². The second-order valence-electron chi connectivity index (χ2n) is 4.24. The summed E-state index contributed by atoms with van der Waals surface area (Å²) in [5.74, 6) is 0.0860. The van der Waals surface area contributed by atoms with Gasteiger partial charge < -0.3 is 4.74 Å². The van der Waals surface area contributed by atoms with Crippen molar-refractivity contribution in [2.45, 2.75) is 45.4 Å². The lowest BCUT2D eigenvalue weighted by atomic mass is 9.97. The maximum Gasteiger partial charge on any atom is 0.306 e. The number of ether oxygens (including phenoxy) is 1. The van der Waals surface area contributed by atoms with E-state index in [-0.39, 0.29) is 17.7 Å². The molecule has 0 heterocycles. The molecule has 90 valence electrons. The van der Waals surface area contributed by atoms with Crippen molar-refractivity contribution < 1.29 is 14.3 Å². The van der Waals surface area contributed by atoms with Crippen LogP contribution in [-0.4, -0.2) is 18.9 Å². The summed E-state index contributed by atoms with van der Waals surface area (Å²) in [5, 5.41) is 0. The molecule has 0 aromatic rings. The smallest absolute Gasteiger partial charge is 0.306 e. The first-order valence-corrected chi connectivity index (χ1v) is 5.99. The van der Waals surface area contributed by atoms with Crippen molar-refractivity contribution >= 4 is 11.8 Å². The molecular formula is C13H20O3. The molecule has 1 unspecified atom stereocenters. The summed E-state index contributed by atoms with van der Waals surface area (Å²) >= 11 is 0. The minimum atomic E-state index is -0.221. The molecule has 1 atom stereocenters. The van der Waals surface area contributed by atoms with Gasteiger partial charge in [0.05, 0.1) is 13.5 Å². The van der Waals surface area contributed by atoms with Crippen molar-refractivity contribution in [1.29, 1.82) is 0 Å². The number of allylic oxidation sites excluding steroid dienone is 2. The van der Waals surface area contributed by atoms with Gasteiger partial charge in [-0.05, 0) is 24.3 Å². The normalized spacial score (nSPS) is 22.8. The van der Waals surface area contributed by atoms with Gasteiger partial charge in [0.15, 0.2) is 5.78 Å². The highest BCUT2D eigenvalue weighted by Crippen LogP contribution is 2.31. The lowest BCUT2D eigenvalue weighted by Gasteiger charge is -2.09. The first-order valence-electron chi connectivity index (χ1n) is 5.99. The van der Waals surface area contributed by atoms with Gasteiger partial charge in [0, 0.05) is 6.42 Å². The van der Waals surface area contributed by atoms with Gasteiger partial charge in [-0.2, -0.15) is 0 Å². The molecule has 0 saturated heterocycles. The van der Waals surface area contributed by atoms with Crippen molar-refractivity contribution in [2.24, 2.45) is 5.92 Å². The highest BCUT2D eigenvalue weighted by Gasteiger charge is 2.29. The molecule has 3 nitrogen and oxygen atoms in total. The van der Waals surface area contributed by atoms with Crippen molar-refractivity contribution in [3.8, 4) is 0 Å². The van der Waals surface area contributed by atoms with E-state index in [0.29, 0.717) is 12.8 Å². The average Bonchev–Trinajstić information content (AvgIpc) is 2.61. The van der Waals surface area contributed by atoms with E-state index in [9.17, 15) is 9.59 Å². The SMILES string of the molecule is CCCC/C=C1\C(=O)CCC1CC(=O)OC. The third kappa shape index (κ3) is 3.47. The minimum Gasteiger partial charge on any atom is -0.469 e. The quantitative estimate of drug-likeness (QED) is 0.409. The molecule has 0 bridgehead atoms. The van der Waals surface area contributed by atoms with E-state index in [0.717, 1.165) is 31.3 Å². The van der Waals surface area contributed by atoms with Gasteiger partial charge in [-0.1, -0.05) is 25.8 Å². The molecule has 0 aliphatic heterocycles. The second-order valence-corrected chi connectivity index (χ2v) is 4.24. The fourth-order valence-electron chi connectivity index (χ4n) is 2.07. The topological polar surface area (TPSA) is 43.4 Å². The van der Waals surface area contributed by atoms with Gasteiger partial charge in [-0.3, -0.25) is 9.59 Å². The van der Waals surface area contributed by atoms with Gasteiger partial charge in [-0.15, -0.1) is 0 Å². The van der Waals surface area contributed by atoms with Crippen LogP contribution >= 0.6 is 0 Å². The third-order valence-electron chi connectivity index (χ3n) is 3.04. The Kier molecular flexibility index (Phi) is 5.23. The van der Waals surface area contributed by atoms with Crippen LogP contribution in [0, 0.1) is 5.92 Å². The van der Waals surface area contributed by atoms with E-state index in [1.165, 1.54) is 7.11 Å². The number of Topliss-reactive ketones (excluding diaryl/α,β-unsaturated/α-hetero) is 1. The molecule has 1 rings (SSSR count). The number of rotatable bonds is 5. The van der Waals surface area contributed by atoms with Crippen LogP contribution in [-0.2, 0) is 14.3 Å². The van der Waals surface area contributed by atoms with Crippen LogP contribution in [0.4, 0.5) is 0 Å². The molecule has 1 aliphatic rings. The van der Waals surface area contributed by atoms with E-state index in [1.54, 1.807) is 0 Å². The van der Waals surface area contributed by atoms with Crippen LogP contribution in [0.3, 0.4) is 0 Å². The molecule has 0 amide bonds. The van der Waals surface area contributed by atoms with Gasteiger partial charge >= 0.3 is 5.97 Å². The van der Waals surface area contributed by atoms with Gasteiger partial charge in [0.25, 0.3) is 0 Å². The Labute approximate surface area is 96.9 Å². The number of esters is 1. The van der Waals surface area contributed by atoms with Crippen LogP contribution in [0.2, 0.25) is 0 Å². The first-order chi connectivity index (χ1) is 7.69. The average molecular weight is 224 g/mol. The van der Waals surface area contributed by atoms with Crippen LogP contribution < -0.4 is 0 Å². The summed E-state index contributed by atoms with van der Waals surface area (Å²) in [6, 6.07) is 0. The van der Waals surface area contributed by atoms with E-state index < -0.39 is 0 Å². The van der Waals surface area contributed by atoms with Crippen molar-refractivity contribution in [3.05, 3.63) is 11.6 Å². The fraction of sp³-hybridized carbons (Fsp3) is 0.692. The number of unbranched alkanes of at least 4 members (excludes halogenated alkanes) is 2. The summed E-state index contributed by atoms with van der Waals surface area (Å²) in [7, 11) is 1.39. The zero-order valence-electron chi connectivity index (χ0n) is 10.1. The molecule has 1 aliphatic carbocycles. The zero-order valence-corrected chi connectivity index (χ0v) is 10.1. The summed E-state index contributed by atoms with van der Waals surface area (Å²) in [5.41, 5.74) is 0.860. The number of carbonyl (C=O) groups excluding carboxylic acids is 2. The number of ketones is 1. The highest BCUT2D eigenvalue weighted by molar-refractivity contribution is 5.98. The Morgan fingerprint density at radius 1 is 1.56 bits per heavy atom. The van der Waals surface area contributed by atoms with Crippen molar-refractivity contribution in [2.75, 3.05) is 7.11 Å². The largest absolute Gasteiger partial charge is 0.469 e. The summed E-state index contributed by atoms with van der Waals surface area (Å²) < 4.78 is 4.64. The molecule has 0 radical (unpaired) electrons. The lowest BCUT2D eigenvalue weighted by Crippen LogP contribution is -2.10. The molecule has 3 heteroatoms. The van der Waals surface area contributed by atoms with E-state index in [4.69, 9.17) is 0 Å². The third-order valence-corrected chi connectivity index (χ3v) is 3.04. The Hall–Kier alpha value is -1.12. The Bertz CT molecular complexity index is 292. The number of hydrogen-bond acceptors (Lipinski definition) is 3. The molecule has 1 fully saturated rings. The predicted octanol–water partition coefficient (Wildman–Crippen LogP) is 2.65. The Balaban J connectivity index is 2.58. The van der Waals surface area contributed by atoms with Crippen LogP contribution in [0.25, 0.3) is 0 Å². The maximum absolute atomic E-state index is 11.6. The predicted molar refractivity (Wildman–Crippen MR) is 62.0 cm³/mol. The molecule has 0 aromatic carbocycles. The lowest BCUT2D eigenvalue weighted by molar-refractivity contribution is -0.141. The van der Waals surface area contributed by atoms with E-state index in [2.05, 4.69) is 11.7 Å². The van der Waals surface area contributed by atoms with Crippen molar-refractivity contribution in [1.82, 2.24) is 0 Å². The molecular weight excluding hydrogens is 204 g/mol. The Morgan fingerprint density at radius 3 is 2.94 bits per heavy atom. The molecule has 0 aromatic heterocycles. The molecule has 0 N–H and O–H groups in total. The van der Waals surface area contributed by atoms with Gasteiger partial charge in [0.1, 0.15) is 0 Å². The second kappa shape index (κ2) is 6.46. The fourth-order valence-corrected chi connectivity index (χ4v) is 2.07. The standard InChI is InChI=1S/C13H20O3/c1-3-4-5-6-11-10(7-8-12(11)14)9-13(15)16-2/h6,10H,3-5,7-9H2,1-2H3/b11-6-. The number of methoxy groups -OCH3 is 1. The first kappa shape index (κ1) is 12.9. The van der Waals surface area contributed by atoms with Crippen LogP contribution in [0.1, 0.15) is 45.4 Å². The number of carbonyl (C=O) groups is 2. The molecule has 1 saturated carbocycles. The maximum atomic E-state index is 11.6. The number of hydrogen-bond donors (Lipinski definition) is 0. The van der Waals surface area contributed by atoms with Gasteiger partial charge in [0.2, 0.25) is 0 Å². The summed E-state index contributed by atoms with van der Waals surface area (Å²) in [4.78, 5) is 22.8. The zero-order chi connectivity index (χ0) is 12.0.